The van der Waals surface area contributed by atoms with E-state index >= 15 is 0 Å². The lowest BCUT2D eigenvalue weighted by atomic mass is 9.98. The Morgan fingerprint density at radius 2 is 1.35 bits per heavy atom. The molecule has 0 radical (unpaired) electrons. The zero-order valence-corrected chi connectivity index (χ0v) is 14.9. The summed E-state index contributed by atoms with van der Waals surface area (Å²) in [6.45, 7) is 0. The third-order valence-electron chi connectivity index (χ3n) is 4.61. The third kappa shape index (κ3) is 2.65. The fourth-order valence-corrected chi connectivity index (χ4v) is 3.98. The van der Waals surface area contributed by atoms with Gasteiger partial charge in [0.1, 0.15) is 11.3 Å². The molecule has 0 bridgehead atoms. The first-order valence-electron chi connectivity index (χ1n) is 8.59. The highest BCUT2D eigenvalue weighted by Gasteiger charge is 2.14. The molecule has 5 aromatic rings. The minimum Gasteiger partial charge on any atom is -0.455 e. The van der Waals surface area contributed by atoms with Gasteiger partial charge in [0.25, 0.3) is 0 Å². The van der Waals surface area contributed by atoms with E-state index in [1.54, 1.807) is 11.3 Å². The summed E-state index contributed by atoms with van der Waals surface area (Å²) in [5.41, 5.74) is 6.81. The van der Waals surface area contributed by atoms with Gasteiger partial charge in [-0.05, 0) is 51.7 Å². The largest absolute Gasteiger partial charge is 0.455 e. The fraction of sp³-hybridized carbons (Fsp3) is 0. The highest BCUT2D eigenvalue weighted by molar-refractivity contribution is 7.08. The van der Waals surface area contributed by atoms with Gasteiger partial charge in [0.15, 0.2) is 0 Å². The van der Waals surface area contributed by atoms with Crippen molar-refractivity contribution in [2.24, 2.45) is 0 Å². The van der Waals surface area contributed by atoms with Crippen LogP contribution in [0.5, 0.6) is 0 Å². The molecule has 2 heterocycles. The zero-order valence-electron chi connectivity index (χ0n) is 14.1. The van der Waals surface area contributed by atoms with E-state index in [0.29, 0.717) is 0 Å². The molecule has 0 aliphatic rings. The van der Waals surface area contributed by atoms with Crippen LogP contribution in [0.3, 0.4) is 0 Å². The number of hydrogen-bond acceptors (Lipinski definition) is 2. The van der Waals surface area contributed by atoms with E-state index in [0.717, 1.165) is 27.9 Å². The number of benzene rings is 3. The molecular formula is C24H16OS. The standard InChI is InChI=1S/C24H16OS/c1-3-7-17(8-4-1)20-13-21-15-23(18-9-5-2-6-10-18)25-24(21)22(14-20)19-11-12-26-16-19/h1-16H. The van der Waals surface area contributed by atoms with E-state index in [1.807, 2.05) is 24.3 Å². The second-order valence-corrected chi connectivity index (χ2v) is 7.08. The molecule has 0 saturated carbocycles. The fourth-order valence-electron chi connectivity index (χ4n) is 3.33. The Bertz CT molecular complexity index is 1150. The van der Waals surface area contributed by atoms with Crippen LogP contribution in [-0.4, -0.2) is 0 Å². The van der Waals surface area contributed by atoms with E-state index in [2.05, 4.69) is 71.4 Å². The van der Waals surface area contributed by atoms with E-state index in [1.165, 1.54) is 16.7 Å². The molecule has 0 saturated heterocycles. The van der Waals surface area contributed by atoms with Crippen molar-refractivity contribution < 1.29 is 4.42 Å². The Morgan fingerprint density at radius 1 is 0.615 bits per heavy atom. The van der Waals surface area contributed by atoms with E-state index < -0.39 is 0 Å². The van der Waals surface area contributed by atoms with Gasteiger partial charge in [0.2, 0.25) is 0 Å². The first-order valence-corrected chi connectivity index (χ1v) is 9.54. The summed E-state index contributed by atoms with van der Waals surface area (Å²) in [4.78, 5) is 0. The molecule has 0 amide bonds. The van der Waals surface area contributed by atoms with Crippen LogP contribution in [-0.2, 0) is 0 Å². The lowest BCUT2D eigenvalue weighted by Gasteiger charge is -2.06. The van der Waals surface area contributed by atoms with Crippen molar-refractivity contribution in [3.8, 4) is 33.6 Å². The van der Waals surface area contributed by atoms with Crippen LogP contribution in [0.2, 0.25) is 0 Å². The Morgan fingerprint density at radius 3 is 2.04 bits per heavy atom. The zero-order chi connectivity index (χ0) is 17.3. The van der Waals surface area contributed by atoms with E-state index in [9.17, 15) is 0 Å². The topological polar surface area (TPSA) is 13.1 Å². The average Bonchev–Trinajstić information content (AvgIpc) is 3.38. The van der Waals surface area contributed by atoms with Crippen LogP contribution < -0.4 is 0 Å². The van der Waals surface area contributed by atoms with E-state index in [-0.39, 0.29) is 0 Å². The van der Waals surface area contributed by atoms with Gasteiger partial charge in [-0.15, -0.1) is 0 Å². The van der Waals surface area contributed by atoms with Crippen molar-refractivity contribution in [2.45, 2.75) is 0 Å². The Balaban J connectivity index is 1.77. The summed E-state index contributed by atoms with van der Waals surface area (Å²) >= 11 is 1.71. The van der Waals surface area contributed by atoms with Crippen molar-refractivity contribution in [1.29, 1.82) is 0 Å². The Kier molecular flexibility index (Phi) is 3.69. The summed E-state index contributed by atoms with van der Waals surface area (Å²) in [5, 5.41) is 5.41. The van der Waals surface area contributed by atoms with Gasteiger partial charge in [-0.2, -0.15) is 11.3 Å². The van der Waals surface area contributed by atoms with Crippen LogP contribution in [0.25, 0.3) is 44.5 Å². The second kappa shape index (κ2) is 6.32. The number of rotatable bonds is 3. The SMILES string of the molecule is c1ccc(-c2cc(-c3ccsc3)c3oc(-c4ccccc4)cc3c2)cc1. The summed E-state index contributed by atoms with van der Waals surface area (Å²) in [6.07, 6.45) is 0. The summed E-state index contributed by atoms with van der Waals surface area (Å²) < 4.78 is 6.30. The second-order valence-electron chi connectivity index (χ2n) is 6.30. The van der Waals surface area contributed by atoms with Gasteiger partial charge in [-0.1, -0.05) is 60.7 Å². The van der Waals surface area contributed by atoms with Crippen molar-refractivity contribution >= 4 is 22.3 Å². The number of fused-ring (bicyclic) bond motifs is 1. The first-order chi connectivity index (χ1) is 12.9. The highest BCUT2D eigenvalue weighted by atomic mass is 32.1. The molecule has 2 heteroatoms. The molecule has 0 N–H and O–H groups in total. The van der Waals surface area contributed by atoms with Gasteiger partial charge in [0.05, 0.1) is 0 Å². The van der Waals surface area contributed by atoms with E-state index in [4.69, 9.17) is 4.42 Å². The lowest BCUT2D eigenvalue weighted by Crippen LogP contribution is -1.81. The highest BCUT2D eigenvalue weighted by Crippen LogP contribution is 2.38. The maximum absolute atomic E-state index is 6.30. The molecule has 124 valence electrons. The molecule has 26 heavy (non-hydrogen) atoms. The summed E-state index contributed by atoms with van der Waals surface area (Å²) in [5.74, 6) is 0.905. The molecule has 0 fully saturated rings. The number of hydrogen-bond donors (Lipinski definition) is 0. The minimum atomic E-state index is 0.905. The monoisotopic (exact) mass is 352 g/mol. The van der Waals surface area contributed by atoms with Crippen molar-refractivity contribution in [1.82, 2.24) is 0 Å². The molecule has 1 nitrogen and oxygen atoms in total. The van der Waals surface area contributed by atoms with Crippen LogP contribution in [0, 0.1) is 0 Å². The van der Waals surface area contributed by atoms with Gasteiger partial charge in [-0.3, -0.25) is 0 Å². The van der Waals surface area contributed by atoms with Crippen LogP contribution in [0.1, 0.15) is 0 Å². The molecule has 0 aliphatic carbocycles. The van der Waals surface area contributed by atoms with Crippen molar-refractivity contribution in [2.75, 3.05) is 0 Å². The minimum absolute atomic E-state index is 0.905. The smallest absolute Gasteiger partial charge is 0.142 e. The number of furan rings is 1. The molecular weight excluding hydrogens is 336 g/mol. The molecule has 0 unspecified atom stereocenters. The summed E-state index contributed by atoms with van der Waals surface area (Å²) in [7, 11) is 0. The maximum Gasteiger partial charge on any atom is 0.142 e. The predicted octanol–water partition coefficient (Wildman–Crippen LogP) is 7.50. The van der Waals surface area contributed by atoms with Gasteiger partial charge in [-0.25, -0.2) is 0 Å². The third-order valence-corrected chi connectivity index (χ3v) is 5.30. The normalized spacial score (nSPS) is 11.1. The maximum atomic E-state index is 6.30. The quantitative estimate of drug-likeness (QED) is 0.328. The molecule has 0 aliphatic heterocycles. The molecule has 5 rings (SSSR count). The van der Waals surface area contributed by atoms with Crippen molar-refractivity contribution in [3.05, 3.63) is 95.7 Å². The lowest BCUT2D eigenvalue weighted by molar-refractivity contribution is 0.632. The Labute approximate surface area is 156 Å². The Hall–Kier alpha value is -3.10. The summed E-state index contributed by atoms with van der Waals surface area (Å²) in [6, 6.07) is 29.5. The van der Waals surface area contributed by atoms with Crippen LogP contribution >= 0.6 is 11.3 Å². The van der Waals surface area contributed by atoms with Gasteiger partial charge < -0.3 is 4.42 Å². The number of thiophene rings is 1. The predicted molar refractivity (Wildman–Crippen MR) is 110 cm³/mol. The molecule has 3 aromatic carbocycles. The first kappa shape index (κ1) is 15.2. The van der Waals surface area contributed by atoms with Gasteiger partial charge >= 0.3 is 0 Å². The van der Waals surface area contributed by atoms with Crippen LogP contribution in [0.15, 0.2) is 100 Å². The van der Waals surface area contributed by atoms with Gasteiger partial charge in [0, 0.05) is 16.5 Å². The molecule has 2 aromatic heterocycles. The van der Waals surface area contributed by atoms with Crippen molar-refractivity contribution in [3.63, 3.8) is 0 Å². The van der Waals surface area contributed by atoms with Crippen LogP contribution in [0.4, 0.5) is 0 Å². The molecule has 0 spiro atoms. The average molecular weight is 352 g/mol. The molecule has 0 atom stereocenters.